The van der Waals surface area contributed by atoms with Crippen molar-refractivity contribution in [3.8, 4) is 5.75 Å². The van der Waals surface area contributed by atoms with Crippen LogP contribution in [0.4, 0.5) is 16.2 Å². The molecule has 3 aromatic rings. The van der Waals surface area contributed by atoms with Gasteiger partial charge in [0, 0.05) is 50.2 Å². The van der Waals surface area contributed by atoms with Gasteiger partial charge in [0.1, 0.15) is 5.75 Å². The van der Waals surface area contributed by atoms with Crippen LogP contribution in [0.3, 0.4) is 0 Å². The molecule has 4 rings (SSSR count). The van der Waals surface area contributed by atoms with Crippen LogP contribution in [0, 0.1) is 0 Å². The number of benzene rings is 3. The van der Waals surface area contributed by atoms with Gasteiger partial charge in [-0.1, -0.05) is 54.6 Å². The van der Waals surface area contributed by atoms with Crippen molar-refractivity contribution in [2.45, 2.75) is 6.54 Å². The van der Waals surface area contributed by atoms with E-state index >= 15 is 0 Å². The van der Waals surface area contributed by atoms with Crippen molar-refractivity contribution in [2.24, 2.45) is 0 Å². The summed E-state index contributed by atoms with van der Waals surface area (Å²) in [4.78, 5) is 29.0. The fourth-order valence-electron chi connectivity index (χ4n) is 3.68. The molecular formula is C26H28N4O3. The van der Waals surface area contributed by atoms with E-state index in [0.29, 0.717) is 24.5 Å². The summed E-state index contributed by atoms with van der Waals surface area (Å²) in [5.74, 6) is 0.271. The second-order valence-corrected chi connectivity index (χ2v) is 7.91. The fraction of sp³-hybridized carbons (Fsp3) is 0.231. The number of carbonyl (C=O) groups excluding carboxylic acids is 2. The van der Waals surface area contributed by atoms with Crippen LogP contribution >= 0.6 is 0 Å². The Morgan fingerprint density at radius 1 is 0.758 bits per heavy atom. The fourth-order valence-corrected chi connectivity index (χ4v) is 3.68. The molecule has 0 spiro atoms. The normalized spacial score (nSPS) is 13.9. The zero-order chi connectivity index (χ0) is 22.9. The minimum absolute atomic E-state index is 0.115. The van der Waals surface area contributed by atoms with E-state index in [4.69, 9.17) is 4.74 Å². The van der Waals surface area contributed by atoms with Gasteiger partial charge in [-0.15, -0.1) is 0 Å². The van der Waals surface area contributed by atoms with Crippen LogP contribution in [-0.4, -0.2) is 54.5 Å². The number of ether oxygens (including phenoxy) is 1. The van der Waals surface area contributed by atoms with E-state index < -0.39 is 0 Å². The highest BCUT2D eigenvalue weighted by Crippen LogP contribution is 2.18. The van der Waals surface area contributed by atoms with Gasteiger partial charge in [0.05, 0.1) is 0 Å². The summed E-state index contributed by atoms with van der Waals surface area (Å²) in [6.07, 6.45) is 0. The number of piperazine rings is 1. The summed E-state index contributed by atoms with van der Waals surface area (Å²) < 4.78 is 5.59. The van der Waals surface area contributed by atoms with Gasteiger partial charge in [-0.25, -0.2) is 4.79 Å². The van der Waals surface area contributed by atoms with Crippen molar-refractivity contribution in [2.75, 3.05) is 43.4 Å². The third-order valence-corrected chi connectivity index (χ3v) is 5.42. The number of hydrogen-bond donors (Lipinski definition) is 2. The quantitative estimate of drug-likeness (QED) is 0.577. The van der Waals surface area contributed by atoms with E-state index in [1.54, 1.807) is 24.3 Å². The third-order valence-electron chi connectivity index (χ3n) is 5.42. The van der Waals surface area contributed by atoms with Crippen molar-refractivity contribution in [3.05, 3.63) is 90.5 Å². The molecule has 0 bridgehead atoms. The van der Waals surface area contributed by atoms with Crippen LogP contribution in [0.15, 0.2) is 84.9 Å². The van der Waals surface area contributed by atoms with Gasteiger partial charge < -0.3 is 20.3 Å². The molecule has 7 nitrogen and oxygen atoms in total. The van der Waals surface area contributed by atoms with Crippen molar-refractivity contribution in [1.29, 1.82) is 0 Å². The minimum Gasteiger partial charge on any atom is -0.484 e. The van der Waals surface area contributed by atoms with Gasteiger partial charge in [0.2, 0.25) is 0 Å². The summed E-state index contributed by atoms with van der Waals surface area (Å²) in [6, 6.07) is 26.5. The number of anilines is 2. The number of hydrogen-bond acceptors (Lipinski definition) is 4. The predicted octanol–water partition coefficient (Wildman–Crippen LogP) is 4.05. The number of urea groups is 1. The molecule has 1 fully saturated rings. The van der Waals surface area contributed by atoms with Crippen LogP contribution in [0.2, 0.25) is 0 Å². The maximum Gasteiger partial charge on any atom is 0.321 e. The van der Waals surface area contributed by atoms with E-state index in [-0.39, 0.29) is 18.5 Å². The highest BCUT2D eigenvalue weighted by atomic mass is 16.5. The first-order chi connectivity index (χ1) is 16.2. The van der Waals surface area contributed by atoms with E-state index in [0.717, 1.165) is 25.3 Å². The van der Waals surface area contributed by atoms with E-state index in [1.165, 1.54) is 5.56 Å². The maximum atomic E-state index is 12.7. The number of amides is 3. The largest absolute Gasteiger partial charge is 0.484 e. The van der Waals surface area contributed by atoms with Gasteiger partial charge in [-0.2, -0.15) is 0 Å². The lowest BCUT2D eigenvalue weighted by molar-refractivity contribution is -0.118. The van der Waals surface area contributed by atoms with Crippen LogP contribution < -0.4 is 15.4 Å². The van der Waals surface area contributed by atoms with Crippen molar-refractivity contribution < 1.29 is 14.3 Å². The van der Waals surface area contributed by atoms with Crippen LogP contribution in [-0.2, 0) is 11.3 Å². The molecular weight excluding hydrogens is 416 g/mol. The minimum atomic E-state index is -0.246. The maximum absolute atomic E-state index is 12.7. The molecule has 0 aromatic heterocycles. The van der Waals surface area contributed by atoms with Crippen LogP contribution in [0.25, 0.3) is 0 Å². The second-order valence-electron chi connectivity index (χ2n) is 7.91. The number of para-hydroxylation sites is 1. The Balaban J connectivity index is 1.22. The highest BCUT2D eigenvalue weighted by molar-refractivity contribution is 5.92. The van der Waals surface area contributed by atoms with Gasteiger partial charge in [0.25, 0.3) is 5.91 Å². The van der Waals surface area contributed by atoms with Crippen LogP contribution in [0.1, 0.15) is 5.56 Å². The molecule has 0 aliphatic carbocycles. The molecule has 1 heterocycles. The molecule has 1 aliphatic heterocycles. The molecule has 0 radical (unpaired) electrons. The topological polar surface area (TPSA) is 73.9 Å². The lowest BCUT2D eigenvalue weighted by Gasteiger charge is -2.34. The van der Waals surface area contributed by atoms with Crippen molar-refractivity contribution in [3.63, 3.8) is 0 Å². The Morgan fingerprint density at radius 3 is 2.15 bits per heavy atom. The number of carbonyl (C=O) groups is 2. The molecule has 0 saturated carbocycles. The Kier molecular flexibility index (Phi) is 7.56. The molecule has 7 heteroatoms. The average Bonchev–Trinajstić information content (AvgIpc) is 2.85. The highest BCUT2D eigenvalue weighted by Gasteiger charge is 2.21. The Bertz CT molecular complexity index is 1050. The molecule has 0 unspecified atom stereocenters. The van der Waals surface area contributed by atoms with E-state index in [9.17, 15) is 9.59 Å². The number of nitrogens with one attached hydrogen (secondary N) is 2. The van der Waals surface area contributed by atoms with Crippen LogP contribution in [0.5, 0.6) is 5.75 Å². The first-order valence-corrected chi connectivity index (χ1v) is 11.1. The summed E-state index contributed by atoms with van der Waals surface area (Å²) >= 11 is 0. The average molecular weight is 445 g/mol. The lowest BCUT2D eigenvalue weighted by Crippen LogP contribution is -2.49. The zero-order valence-electron chi connectivity index (χ0n) is 18.4. The summed E-state index contributed by atoms with van der Waals surface area (Å²) in [6.45, 7) is 3.80. The SMILES string of the molecule is O=C(COc1cccc(NC(=O)N2CCN(Cc3ccccc3)CC2)c1)Nc1ccccc1. The monoisotopic (exact) mass is 444 g/mol. The molecule has 170 valence electrons. The standard InChI is InChI=1S/C26H28N4O3/c31-25(27-22-10-5-2-6-11-22)20-33-24-13-7-12-23(18-24)28-26(32)30-16-14-29(15-17-30)19-21-8-3-1-4-9-21/h1-13,18H,14-17,19-20H2,(H,27,31)(H,28,32). The number of nitrogens with zero attached hydrogens (tertiary/aromatic N) is 2. The smallest absolute Gasteiger partial charge is 0.321 e. The number of rotatable bonds is 7. The molecule has 3 aromatic carbocycles. The Morgan fingerprint density at radius 2 is 1.42 bits per heavy atom. The van der Waals surface area contributed by atoms with E-state index in [2.05, 4.69) is 27.7 Å². The first-order valence-electron chi connectivity index (χ1n) is 11.1. The van der Waals surface area contributed by atoms with Gasteiger partial charge in [-0.05, 0) is 29.8 Å². The summed E-state index contributed by atoms with van der Waals surface area (Å²) in [5.41, 5.74) is 2.63. The molecule has 3 amide bonds. The Labute approximate surface area is 194 Å². The lowest BCUT2D eigenvalue weighted by atomic mass is 10.2. The first kappa shape index (κ1) is 22.4. The van der Waals surface area contributed by atoms with Gasteiger partial charge in [-0.3, -0.25) is 9.69 Å². The summed E-state index contributed by atoms with van der Waals surface area (Å²) in [5, 5.41) is 5.71. The predicted molar refractivity (Wildman–Crippen MR) is 129 cm³/mol. The zero-order valence-corrected chi connectivity index (χ0v) is 18.4. The summed E-state index contributed by atoms with van der Waals surface area (Å²) in [7, 11) is 0. The second kappa shape index (κ2) is 11.2. The molecule has 1 saturated heterocycles. The Hall–Kier alpha value is -3.84. The molecule has 33 heavy (non-hydrogen) atoms. The molecule has 1 aliphatic rings. The van der Waals surface area contributed by atoms with Gasteiger partial charge >= 0.3 is 6.03 Å². The molecule has 2 N–H and O–H groups in total. The molecule has 0 atom stereocenters. The van der Waals surface area contributed by atoms with Crippen molar-refractivity contribution in [1.82, 2.24) is 9.80 Å². The van der Waals surface area contributed by atoms with E-state index in [1.807, 2.05) is 53.4 Å². The third kappa shape index (κ3) is 6.82. The van der Waals surface area contributed by atoms with Crippen molar-refractivity contribution >= 4 is 23.3 Å². The van der Waals surface area contributed by atoms with Gasteiger partial charge in [0.15, 0.2) is 6.61 Å².